The lowest BCUT2D eigenvalue weighted by molar-refractivity contribution is -0.0634. The SMILES string of the molecule is COCCN(C[C@@H]1CN(C[C@H](O)COC(C)C)CCO1)C(=O)c1ccc(OC)cc1. The molecule has 0 bridgehead atoms. The van der Waals surface area contributed by atoms with Crippen LogP contribution in [-0.2, 0) is 14.2 Å². The zero-order valence-corrected chi connectivity index (χ0v) is 18.6. The van der Waals surface area contributed by atoms with Crippen LogP contribution in [0.15, 0.2) is 24.3 Å². The molecule has 8 nitrogen and oxygen atoms in total. The van der Waals surface area contributed by atoms with Crippen molar-refractivity contribution in [1.29, 1.82) is 0 Å². The lowest BCUT2D eigenvalue weighted by Gasteiger charge is -2.36. The van der Waals surface area contributed by atoms with Gasteiger partial charge in [0.05, 0.1) is 45.2 Å². The minimum absolute atomic E-state index is 0.0687. The first-order valence-electron chi connectivity index (χ1n) is 10.5. The Kier molecular flexibility index (Phi) is 10.5. The van der Waals surface area contributed by atoms with E-state index in [0.717, 1.165) is 6.54 Å². The van der Waals surface area contributed by atoms with Crippen LogP contribution in [0.2, 0.25) is 0 Å². The number of hydrogen-bond acceptors (Lipinski definition) is 7. The normalized spacial score (nSPS) is 18.4. The fourth-order valence-corrected chi connectivity index (χ4v) is 3.35. The zero-order valence-electron chi connectivity index (χ0n) is 18.6. The molecule has 2 rings (SSSR count). The zero-order chi connectivity index (χ0) is 21.9. The smallest absolute Gasteiger partial charge is 0.254 e. The van der Waals surface area contributed by atoms with Gasteiger partial charge in [0.2, 0.25) is 0 Å². The number of morpholine rings is 1. The first-order chi connectivity index (χ1) is 14.4. The molecule has 1 N–H and O–H groups in total. The molecule has 170 valence electrons. The topological polar surface area (TPSA) is 80.7 Å². The molecular formula is C22H36N2O6. The highest BCUT2D eigenvalue weighted by Gasteiger charge is 2.26. The predicted octanol–water partition coefficient (Wildman–Crippen LogP) is 1.27. The molecular weight excluding hydrogens is 388 g/mol. The summed E-state index contributed by atoms with van der Waals surface area (Å²) >= 11 is 0. The molecule has 1 aromatic carbocycles. The summed E-state index contributed by atoms with van der Waals surface area (Å²) in [7, 11) is 3.22. The van der Waals surface area contributed by atoms with Crippen molar-refractivity contribution in [2.24, 2.45) is 0 Å². The standard InChI is InChI=1S/C22H36N2O6/c1-17(2)30-16-19(25)13-23-9-12-29-21(14-23)15-24(10-11-27-3)22(26)18-5-7-20(28-4)8-6-18/h5-8,17,19,21,25H,9-16H2,1-4H3/t19-,21-/m0/s1. The molecule has 1 aromatic rings. The monoisotopic (exact) mass is 424 g/mol. The van der Waals surface area contributed by atoms with E-state index in [9.17, 15) is 9.90 Å². The number of ether oxygens (including phenoxy) is 4. The molecule has 0 unspecified atom stereocenters. The Hall–Kier alpha value is -1.71. The van der Waals surface area contributed by atoms with Crippen LogP contribution in [-0.4, -0.2) is 106 Å². The molecule has 1 aliphatic heterocycles. The van der Waals surface area contributed by atoms with Crippen LogP contribution < -0.4 is 4.74 Å². The average Bonchev–Trinajstić information content (AvgIpc) is 2.75. The number of hydrogen-bond donors (Lipinski definition) is 1. The largest absolute Gasteiger partial charge is 0.497 e. The van der Waals surface area contributed by atoms with Crippen molar-refractivity contribution in [3.8, 4) is 5.75 Å². The second kappa shape index (κ2) is 12.9. The number of carbonyl (C=O) groups is 1. The number of aliphatic hydroxyl groups is 1. The molecule has 0 spiro atoms. The first kappa shape index (κ1) is 24.6. The molecule has 0 saturated carbocycles. The number of methoxy groups -OCH3 is 2. The van der Waals surface area contributed by atoms with Gasteiger partial charge in [-0.2, -0.15) is 0 Å². The third kappa shape index (κ3) is 8.20. The van der Waals surface area contributed by atoms with Gasteiger partial charge in [-0.05, 0) is 38.1 Å². The van der Waals surface area contributed by atoms with Gasteiger partial charge in [0, 0.05) is 45.4 Å². The number of β-amino-alcohol motifs (C(OH)–C–C–N with tert-alkyl or cyclic N) is 1. The van der Waals surface area contributed by atoms with E-state index in [1.165, 1.54) is 0 Å². The van der Waals surface area contributed by atoms with E-state index in [4.69, 9.17) is 18.9 Å². The van der Waals surface area contributed by atoms with Crippen molar-refractivity contribution >= 4 is 5.91 Å². The summed E-state index contributed by atoms with van der Waals surface area (Å²) in [6.07, 6.45) is -0.580. The molecule has 1 aliphatic rings. The lowest BCUT2D eigenvalue weighted by Crippen LogP contribution is -2.51. The Morgan fingerprint density at radius 3 is 2.67 bits per heavy atom. The molecule has 30 heavy (non-hydrogen) atoms. The third-order valence-electron chi connectivity index (χ3n) is 4.93. The van der Waals surface area contributed by atoms with Crippen LogP contribution in [0.5, 0.6) is 5.75 Å². The Bertz CT molecular complexity index is 625. The average molecular weight is 425 g/mol. The molecule has 1 amide bonds. The van der Waals surface area contributed by atoms with E-state index in [1.807, 2.05) is 13.8 Å². The van der Waals surface area contributed by atoms with Gasteiger partial charge < -0.3 is 29.0 Å². The number of nitrogens with zero attached hydrogens (tertiary/aromatic N) is 2. The number of carbonyl (C=O) groups excluding carboxylic acids is 1. The Morgan fingerprint density at radius 1 is 1.30 bits per heavy atom. The van der Waals surface area contributed by atoms with Gasteiger partial charge in [-0.3, -0.25) is 9.69 Å². The Morgan fingerprint density at radius 2 is 2.03 bits per heavy atom. The van der Waals surface area contributed by atoms with Crippen molar-refractivity contribution in [3.05, 3.63) is 29.8 Å². The summed E-state index contributed by atoms with van der Waals surface area (Å²) in [6.45, 7) is 8.10. The summed E-state index contributed by atoms with van der Waals surface area (Å²) in [5.74, 6) is 0.641. The molecule has 0 aromatic heterocycles. The highest BCUT2D eigenvalue weighted by atomic mass is 16.5. The van der Waals surface area contributed by atoms with E-state index in [1.54, 1.807) is 43.4 Å². The van der Waals surface area contributed by atoms with Crippen LogP contribution in [0.1, 0.15) is 24.2 Å². The molecule has 1 saturated heterocycles. The minimum atomic E-state index is -0.545. The molecule has 2 atom stereocenters. The predicted molar refractivity (Wildman–Crippen MR) is 114 cm³/mol. The highest BCUT2D eigenvalue weighted by Crippen LogP contribution is 2.15. The van der Waals surface area contributed by atoms with Gasteiger partial charge in [-0.15, -0.1) is 0 Å². The van der Waals surface area contributed by atoms with E-state index in [0.29, 0.717) is 57.3 Å². The van der Waals surface area contributed by atoms with E-state index in [-0.39, 0.29) is 18.1 Å². The van der Waals surface area contributed by atoms with Crippen molar-refractivity contribution in [2.75, 3.05) is 66.8 Å². The lowest BCUT2D eigenvalue weighted by atomic mass is 10.1. The molecule has 1 heterocycles. The maximum absolute atomic E-state index is 13.0. The second-order valence-corrected chi connectivity index (χ2v) is 7.76. The van der Waals surface area contributed by atoms with E-state index >= 15 is 0 Å². The molecule has 0 radical (unpaired) electrons. The molecule has 1 fully saturated rings. The van der Waals surface area contributed by atoms with Gasteiger partial charge in [-0.1, -0.05) is 0 Å². The highest BCUT2D eigenvalue weighted by molar-refractivity contribution is 5.94. The summed E-state index contributed by atoms with van der Waals surface area (Å²) in [4.78, 5) is 17.0. The van der Waals surface area contributed by atoms with E-state index in [2.05, 4.69) is 4.90 Å². The maximum atomic E-state index is 13.0. The molecule has 8 heteroatoms. The van der Waals surface area contributed by atoms with Gasteiger partial charge in [0.15, 0.2) is 0 Å². The van der Waals surface area contributed by atoms with Gasteiger partial charge in [0.1, 0.15) is 5.75 Å². The summed E-state index contributed by atoms with van der Waals surface area (Å²) in [5.41, 5.74) is 0.598. The fraction of sp³-hybridized carbons (Fsp3) is 0.682. The van der Waals surface area contributed by atoms with Gasteiger partial charge in [0.25, 0.3) is 5.91 Å². The third-order valence-corrected chi connectivity index (χ3v) is 4.93. The quantitative estimate of drug-likeness (QED) is 0.541. The van der Waals surface area contributed by atoms with Crippen LogP contribution in [0.3, 0.4) is 0 Å². The van der Waals surface area contributed by atoms with Crippen LogP contribution in [0.4, 0.5) is 0 Å². The second-order valence-electron chi connectivity index (χ2n) is 7.76. The molecule has 0 aliphatic carbocycles. The van der Waals surface area contributed by atoms with Crippen LogP contribution in [0.25, 0.3) is 0 Å². The van der Waals surface area contributed by atoms with Crippen LogP contribution >= 0.6 is 0 Å². The van der Waals surface area contributed by atoms with Gasteiger partial charge in [-0.25, -0.2) is 0 Å². The van der Waals surface area contributed by atoms with Crippen molar-refractivity contribution in [1.82, 2.24) is 9.80 Å². The van der Waals surface area contributed by atoms with Crippen molar-refractivity contribution in [3.63, 3.8) is 0 Å². The van der Waals surface area contributed by atoms with Gasteiger partial charge >= 0.3 is 0 Å². The number of amides is 1. The van der Waals surface area contributed by atoms with Crippen molar-refractivity contribution in [2.45, 2.75) is 32.2 Å². The Labute approximate surface area is 179 Å². The number of benzene rings is 1. The minimum Gasteiger partial charge on any atom is -0.497 e. The summed E-state index contributed by atoms with van der Waals surface area (Å²) < 4.78 is 21.8. The fourth-order valence-electron chi connectivity index (χ4n) is 3.35. The summed E-state index contributed by atoms with van der Waals surface area (Å²) in [6, 6.07) is 7.09. The number of aliphatic hydroxyl groups excluding tert-OH is 1. The Balaban J connectivity index is 1.94. The summed E-state index contributed by atoms with van der Waals surface area (Å²) in [5, 5.41) is 10.2. The van der Waals surface area contributed by atoms with Crippen molar-refractivity contribution < 1.29 is 28.8 Å². The first-order valence-corrected chi connectivity index (χ1v) is 10.5. The van der Waals surface area contributed by atoms with E-state index < -0.39 is 6.10 Å². The van der Waals surface area contributed by atoms with Crippen LogP contribution in [0, 0.1) is 0 Å². The maximum Gasteiger partial charge on any atom is 0.254 e. The number of rotatable bonds is 12.